The quantitative estimate of drug-likeness (QED) is 0.892. The number of nitrogens with two attached hydrogens (primary N) is 1. The normalized spacial score (nSPS) is 10.4. The number of anilines is 2. The third-order valence-corrected chi connectivity index (χ3v) is 3.26. The lowest BCUT2D eigenvalue weighted by atomic mass is 10.1. The van der Waals surface area contributed by atoms with Crippen molar-refractivity contribution in [2.45, 2.75) is 27.3 Å². The minimum Gasteiger partial charge on any atom is -0.369 e. The Hall–Kier alpha value is -2.63. The van der Waals surface area contributed by atoms with E-state index >= 15 is 0 Å². The maximum atomic E-state index is 12.0. The molecule has 1 aromatic heterocycles. The molecule has 0 saturated heterocycles. The second kappa shape index (κ2) is 5.78. The number of carbonyl (C=O) groups is 1. The van der Waals surface area contributed by atoms with Gasteiger partial charge in [-0.1, -0.05) is 6.07 Å². The van der Waals surface area contributed by atoms with Crippen molar-refractivity contribution in [3.05, 3.63) is 51.4 Å². The topological polar surface area (TPSA) is 90.0 Å². The molecule has 0 fully saturated rings. The zero-order chi connectivity index (χ0) is 15.6. The van der Waals surface area contributed by atoms with E-state index in [1.54, 1.807) is 6.92 Å². The second-order valence-corrected chi connectivity index (χ2v) is 5.03. The average molecular weight is 286 g/mol. The molecule has 6 nitrogen and oxygen atoms in total. The number of hydrogen-bond donors (Lipinski definition) is 2. The highest BCUT2D eigenvalue weighted by molar-refractivity contribution is 5.90. The fraction of sp³-hybridized carbons (Fsp3) is 0.267. The van der Waals surface area contributed by atoms with Gasteiger partial charge in [0, 0.05) is 17.4 Å². The van der Waals surface area contributed by atoms with E-state index in [0.29, 0.717) is 11.4 Å². The molecular weight excluding hydrogens is 268 g/mol. The summed E-state index contributed by atoms with van der Waals surface area (Å²) in [5.41, 5.74) is 8.80. The van der Waals surface area contributed by atoms with E-state index in [4.69, 9.17) is 5.73 Å². The third kappa shape index (κ3) is 3.47. The van der Waals surface area contributed by atoms with E-state index in [-0.39, 0.29) is 24.0 Å². The SMILES string of the molecule is Cc1cc(=O)n(CC(=O)Nc2ccc(C)c(C)c2)c(N)n1. The second-order valence-electron chi connectivity index (χ2n) is 5.03. The number of benzene rings is 1. The van der Waals surface area contributed by atoms with Crippen molar-refractivity contribution in [1.29, 1.82) is 0 Å². The molecule has 0 atom stereocenters. The number of carbonyl (C=O) groups excluding carboxylic acids is 1. The van der Waals surface area contributed by atoms with Gasteiger partial charge in [-0.25, -0.2) is 4.98 Å². The van der Waals surface area contributed by atoms with Gasteiger partial charge in [0.25, 0.3) is 5.56 Å². The van der Waals surface area contributed by atoms with Gasteiger partial charge in [0.05, 0.1) is 0 Å². The molecule has 0 spiro atoms. The lowest BCUT2D eigenvalue weighted by Gasteiger charge is -2.10. The van der Waals surface area contributed by atoms with E-state index in [0.717, 1.165) is 15.7 Å². The van der Waals surface area contributed by atoms with Crippen LogP contribution in [0, 0.1) is 20.8 Å². The lowest BCUT2D eigenvalue weighted by molar-refractivity contribution is -0.116. The van der Waals surface area contributed by atoms with E-state index in [1.807, 2.05) is 32.0 Å². The van der Waals surface area contributed by atoms with Crippen molar-refractivity contribution in [2.24, 2.45) is 0 Å². The predicted octanol–water partition coefficient (Wildman–Crippen LogP) is 1.39. The van der Waals surface area contributed by atoms with E-state index in [9.17, 15) is 9.59 Å². The van der Waals surface area contributed by atoms with Gasteiger partial charge >= 0.3 is 0 Å². The summed E-state index contributed by atoms with van der Waals surface area (Å²) in [5, 5.41) is 2.75. The smallest absolute Gasteiger partial charge is 0.255 e. The summed E-state index contributed by atoms with van der Waals surface area (Å²) in [6.07, 6.45) is 0. The van der Waals surface area contributed by atoms with Gasteiger partial charge in [0.2, 0.25) is 11.9 Å². The molecule has 0 saturated carbocycles. The monoisotopic (exact) mass is 286 g/mol. The highest BCUT2D eigenvalue weighted by atomic mass is 16.2. The first-order chi connectivity index (χ1) is 9.86. The van der Waals surface area contributed by atoms with Gasteiger partial charge in [0.15, 0.2) is 0 Å². The molecular formula is C15H18N4O2. The van der Waals surface area contributed by atoms with Crippen LogP contribution in [-0.4, -0.2) is 15.5 Å². The molecule has 110 valence electrons. The maximum absolute atomic E-state index is 12.0. The molecule has 2 rings (SSSR count). The Balaban J connectivity index is 2.15. The molecule has 0 radical (unpaired) electrons. The lowest BCUT2D eigenvalue weighted by Crippen LogP contribution is -2.30. The standard InChI is InChI=1S/C15H18N4O2/c1-9-4-5-12(6-10(9)2)18-13(20)8-19-14(21)7-11(3)17-15(19)16/h4-7H,8H2,1-3H3,(H2,16,17)(H,18,20). The fourth-order valence-corrected chi connectivity index (χ4v) is 1.97. The van der Waals surface area contributed by atoms with Gasteiger partial charge in [0.1, 0.15) is 6.54 Å². The number of nitrogen functional groups attached to an aromatic ring is 1. The molecule has 0 aliphatic carbocycles. The van der Waals surface area contributed by atoms with Crippen molar-refractivity contribution in [3.63, 3.8) is 0 Å². The van der Waals surface area contributed by atoms with Crippen LogP contribution >= 0.6 is 0 Å². The number of amides is 1. The number of aromatic nitrogens is 2. The number of nitrogens with zero attached hydrogens (tertiary/aromatic N) is 2. The summed E-state index contributed by atoms with van der Waals surface area (Å²) >= 11 is 0. The summed E-state index contributed by atoms with van der Waals surface area (Å²) in [6.45, 7) is 5.48. The molecule has 0 aliphatic rings. The molecule has 2 aromatic rings. The Bertz CT molecular complexity index is 750. The van der Waals surface area contributed by atoms with Crippen molar-refractivity contribution in [1.82, 2.24) is 9.55 Å². The first-order valence-electron chi connectivity index (χ1n) is 6.58. The van der Waals surface area contributed by atoms with Crippen LogP contribution in [0.3, 0.4) is 0 Å². The Morgan fingerprint density at radius 2 is 1.95 bits per heavy atom. The largest absolute Gasteiger partial charge is 0.369 e. The summed E-state index contributed by atoms with van der Waals surface area (Å²) in [7, 11) is 0. The van der Waals surface area contributed by atoms with Crippen LogP contribution in [-0.2, 0) is 11.3 Å². The molecule has 0 aliphatic heterocycles. The van der Waals surface area contributed by atoms with Gasteiger partial charge in [-0.3, -0.25) is 14.2 Å². The van der Waals surface area contributed by atoms with E-state index in [2.05, 4.69) is 10.3 Å². The Kier molecular flexibility index (Phi) is 4.07. The zero-order valence-electron chi connectivity index (χ0n) is 12.3. The molecule has 3 N–H and O–H groups in total. The Morgan fingerprint density at radius 3 is 2.57 bits per heavy atom. The first kappa shape index (κ1) is 14.8. The van der Waals surface area contributed by atoms with Crippen LogP contribution in [0.2, 0.25) is 0 Å². The summed E-state index contributed by atoms with van der Waals surface area (Å²) < 4.78 is 1.14. The fourth-order valence-electron chi connectivity index (χ4n) is 1.97. The molecule has 21 heavy (non-hydrogen) atoms. The molecule has 1 amide bonds. The van der Waals surface area contributed by atoms with Gasteiger partial charge in [-0.15, -0.1) is 0 Å². The number of rotatable bonds is 3. The van der Waals surface area contributed by atoms with Crippen LogP contribution < -0.4 is 16.6 Å². The number of nitrogens with one attached hydrogen (secondary N) is 1. The van der Waals surface area contributed by atoms with Crippen LogP contribution in [0.25, 0.3) is 0 Å². The maximum Gasteiger partial charge on any atom is 0.255 e. The summed E-state index contributed by atoms with van der Waals surface area (Å²) in [4.78, 5) is 27.8. The van der Waals surface area contributed by atoms with Crippen molar-refractivity contribution in [3.8, 4) is 0 Å². The molecule has 1 aromatic carbocycles. The first-order valence-corrected chi connectivity index (χ1v) is 6.58. The van der Waals surface area contributed by atoms with E-state index < -0.39 is 0 Å². The highest BCUT2D eigenvalue weighted by Crippen LogP contribution is 2.14. The number of hydrogen-bond acceptors (Lipinski definition) is 4. The Labute approximate surface area is 122 Å². The van der Waals surface area contributed by atoms with Gasteiger partial charge < -0.3 is 11.1 Å². The molecule has 1 heterocycles. The molecule has 0 unspecified atom stereocenters. The zero-order valence-corrected chi connectivity index (χ0v) is 12.3. The van der Waals surface area contributed by atoms with Gasteiger partial charge in [-0.05, 0) is 44.0 Å². The van der Waals surface area contributed by atoms with Crippen LogP contribution in [0.5, 0.6) is 0 Å². The molecule has 0 bridgehead atoms. The van der Waals surface area contributed by atoms with Crippen LogP contribution in [0.15, 0.2) is 29.1 Å². The average Bonchev–Trinajstić information content (AvgIpc) is 2.38. The Morgan fingerprint density at radius 1 is 1.24 bits per heavy atom. The minimum atomic E-state index is -0.338. The third-order valence-electron chi connectivity index (χ3n) is 3.26. The summed E-state index contributed by atoms with van der Waals surface area (Å²) in [6, 6.07) is 6.98. The van der Waals surface area contributed by atoms with Crippen molar-refractivity contribution >= 4 is 17.5 Å². The highest BCUT2D eigenvalue weighted by Gasteiger charge is 2.09. The van der Waals surface area contributed by atoms with Gasteiger partial charge in [-0.2, -0.15) is 0 Å². The van der Waals surface area contributed by atoms with Crippen LogP contribution in [0.1, 0.15) is 16.8 Å². The minimum absolute atomic E-state index is 0.0373. The molecule has 6 heteroatoms. The number of aryl methyl sites for hydroxylation is 3. The van der Waals surface area contributed by atoms with Crippen molar-refractivity contribution in [2.75, 3.05) is 11.1 Å². The van der Waals surface area contributed by atoms with Crippen molar-refractivity contribution < 1.29 is 4.79 Å². The van der Waals surface area contributed by atoms with Crippen LogP contribution in [0.4, 0.5) is 11.6 Å². The van der Waals surface area contributed by atoms with E-state index in [1.165, 1.54) is 6.07 Å². The predicted molar refractivity (Wildman–Crippen MR) is 82.2 cm³/mol. The summed E-state index contributed by atoms with van der Waals surface area (Å²) in [5.74, 6) is -0.284.